The molecule has 0 aliphatic carbocycles. The van der Waals surface area contributed by atoms with Gasteiger partial charge in [0, 0.05) is 14.1 Å². The van der Waals surface area contributed by atoms with E-state index in [-0.39, 0.29) is 18.6 Å². The molecule has 1 amide bonds. The molecule has 1 N–H and O–H groups in total. The molecule has 19 heavy (non-hydrogen) atoms. The second kappa shape index (κ2) is 8.11. The van der Waals surface area contributed by atoms with Crippen LogP contribution in [0.5, 0.6) is 0 Å². The maximum absolute atomic E-state index is 11.4. The van der Waals surface area contributed by atoms with Crippen LogP contribution in [-0.2, 0) is 16.0 Å². The number of benzene rings is 1. The Hall–Kier alpha value is -2.06. The van der Waals surface area contributed by atoms with Crippen LogP contribution in [0.2, 0.25) is 0 Å². The van der Waals surface area contributed by atoms with Gasteiger partial charge >= 0.3 is 0 Å². The lowest BCUT2D eigenvalue weighted by Crippen LogP contribution is -2.34. The molecule has 1 aromatic carbocycles. The molecule has 1 rings (SSSR count). The van der Waals surface area contributed by atoms with Crippen LogP contribution in [-0.4, -0.2) is 44.2 Å². The third-order valence-electron chi connectivity index (χ3n) is 2.64. The van der Waals surface area contributed by atoms with E-state index in [0.717, 1.165) is 5.56 Å². The number of ether oxygens (including phenoxy) is 1. The topological polar surface area (TPSA) is 65.4 Å². The molecule has 0 aromatic heterocycles. The summed E-state index contributed by atoms with van der Waals surface area (Å²) in [5, 5.41) is 11.4. The summed E-state index contributed by atoms with van der Waals surface area (Å²) in [6.45, 7) is 0.355. The minimum Gasteiger partial charge on any atom is -0.369 e. The standard InChI is InChI=1S/C14H19N3O2/c1-17(2)14(18)10-19-9-13(16-11-15)8-12-6-4-3-5-7-12/h3-7,13,16H,8-10H2,1-2H3/t13-/m1/s1. The first-order chi connectivity index (χ1) is 9.13. The first-order valence-electron chi connectivity index (χ1n) is 6.10. The zero-order valence-corrected chi connectivity index (χ0v) is 11.3. The van der Waals surface area contributed by atoms with Crippen molar-refractivity contribution in [2.24, 2.45) is 0 Å². The first-order valence-corrected chi connectivity index (χ1v) is 6.10. The lowest BCUT2D eigenvalue weighted by Gasteiger charge is -2.16. The Bertz CT molecular complexity index is 426. The number of carbonyl (C=O) groups excluding carboxylic acids is 1. The van der Waals surface area contributed by atoms with Gasteiger partial charge in [0.1, 0.15) is 6.61 Å². The van der Waals surface area contributed by atoms with Gasteiger partial charge in [0.2, 0.25) is 5.91 Å². The number of nitrogens with zero attached hydrogens (tertiary/aromatic N) is 2. The van der Waals surface area contributed by atoms with Crippen LogP contribution < -0.4 is 5.32 Å². The molecule has 1 atom stereocenters. The van der Waals surface area contributed by atoms with Crippen LogP contribution in [0.1, 0.15) is 5.56 Å². The summed E-state index contributed by atoms with van der Waals surface area (Å²) in [7, 11) is 3.36. The number of carbonyl (C=O) groups is 1. The molecule has 0 aliphatic heterocycles. The number of nitriles is 1. The number of rotatable bonds is 7. The minimum atomic E-state index is -0.123. The summed E-state index contributed by atoms with van der Waals surface area (Å²) >= 11 is 0. The Labute approximate surface area is 113 Å². The summed E-state index contributed by atoms with van der Waals surface area (Å²) in [6.07, 6.45) is 2.61. The van der Waals surface area contributed by atoms with Gasteiger partial charge in [-0.25, -0.2) is 0 Å². The third-order valence-corrected chi connectivity index (χ3v) is 2.64. The summed E-state index contributed by atoms with van der Waals surface area (Å²) < 4.78 is 5.34. The fraction of sp³-hybridized carbons (Fsp3) is 0.429. The molecule has 102 valence electrons. The second-order valence-electron chi connectivity index (χ2n) is 4.45. The van der Waals surface area contributed by atoms with Gasteiger partial charge < -0.3 is 15.0 Å². The van der Waals surface area contributed by atoms with Gasteiger partial charge in [-0.15, -0.1) is 0 Å². The molecule has 0 saturated heterocycles. The number of hydrogen-bond acceptors (Lipinski definition) is 4. The predicted octanol–water partition coefficient (Wildman–Crippen LogP) is 0.773. The average molecular weight is 261 g/mol. The van der Waals surface area contributed by atoms with Crippen LogP contribution >= 0.6 is 0 Å². The number of hydrogen-bond donors (Lipinski definition) is 1. The lowest BCUT2D eigenvalue weighted by atomic mass is 10.1. The molecular weight excluding hydrogens is 242 g/mol. The molecule has 0 aliphatic rings. The van der Waals surface area contributed by atoms with Crippen molar-refractivity contribution in [1.29, 1.82) is 5.26 Å². The highest BCUT2D eigenvalue weighted by Crippen LogP contribution is 2.03. The van der Waals surface area contributed by atoms with E-state index >= 15 is 0 Å². The molecule has 0 saturated carbocycles. The van der Waals surface area contributed by atoms with E-state index in [1.54, 1.807) is 14.1 Å². The van der Waals surface area contributed by atoms with Crippen molar-refractivity contribution in [3.63, 3.8) is 0 Å². The van der Waals surface area contributed by atoms with Gasteiger partial charge in [-0.1, -0.05) is 30.3 Å². The van der Waals surface area contributed by atoms with Crippen LogP contribution in [0, 0.1) is 11.5 Å². The average Bonchev–Trinajstić information content (AvgIpc) is 2.39. The Morgan fingerprint density at radius 1 is 1.42 bits per heavy atom. The van der Waals surface area contributed by atoms with E-state index in [9.17, 15) is 4.79 Å². The zero-order valence-electron chi connectivity index (χ0n) is 11.3. The van der Waals surface area contributed by atoms with Gasteiger partial charge in [-0.3, -0.25) is 4.79 Å². The van der Waals surface area contributed by atoms with Gasteiger partial charge in [0.25, 0.3) is 0 Å². The largest absolute Gasteiger partial charge is 0.369 e. The van der Waals surface area contributed by atoms with Crippen molar-refractivity contribution in [3.05, 3.63) is 35.9 Å². The number of amides is 1. The SMILES string of the molecule is CN(C)C(=O)COC[C@@H](Cc1ccccc1)NC#N. The maximum Gasteiger partial charge on any atom is 0.248 e. The molecule has 0 bridgehead atoms. The van der Waals surface area contributed by atoms with Crippen molar-refractivity contribution >= 4 is 5.91 Å². The Morgan fingerprint density at radius 2 is 2.11 bits per heavy atom. The Morgan fingerprint density at radius 3 is 2.68 bits per heavy atom. The molecule has 0 heterocycles. The molecular formula is C14H19N3O2. The van der Waals surface area contributed by atoms with Gasteiger partial charge in [-0.05, 0) is 12.0 Å². The van der Waals surface area contributed by atoms with Crippen LogP contribution in [0.4, 0.5) is 0 Å². The molecule has 0 fully saturated rings. The fourth-order valence-corrected chi connectivity index (χ4v) is 1.56. The molecule has 0 unspecified atom stereocenters. The number of nitrogens with one attached hydrogen (secondary N) is 1. The normalized spacial score (nSPS) is 11.4. The van der Waals surface area contributed by atoms with Crippen molar-refractivity contribution in [2.75, 3.05) is 27.3 Å². The molecule has 0 radical (unpaired) electrons. The maximum atomic E-state index is 11.4. The van der Waals surface area contributed by atoms with Crippen molar-refractivity contribution in [3.8, 4) is 6.19 Å². The summed E-state index contributed by atoms with van der Waals surface area (Å²) in [6, 6.07) is 9.73. The summed E-state index contributed by atoms with van der Waals surface area (Å²) in [5.41, 5.74) is 1.12. The van der Waals surface area contributed by atoms with Crippen molar-refractivity contribution in [1.82, 2.24) is 10.2 Å². The third kappa shape index (κ3) is 5.89. The van der Waals surface area contributed by atoms with Crippen molar-refractivity contribution in [2.45, 2.75) is 12.5 Å². The van der Waals surface area contributed by atoms with E-state index in [0.29, 0.717) is 13.0 Å². The molecule has 5 nitrogen and oxygen atoms in total. The quantitative estimate of drug-likeness (QED) is 0.581. The van der Waals surface area contributed by atoms with E-state index in [4.69, 9.17) is 10.00 Å². The van der Waals surface area contributed by atoms with E-state index in [1.165, 1.54) is 4.90 Å². The molecule has 5 heteroatoms. The van der Waals surface area contributed by atoms with Crippen molar-refractivity contribution < 1.29 is 9.53 Å². The second-order valence-corrected chi connectivity index (χ2v) is 4.45. The van der Waals surface area contributed by atoms with Crippen LogP contribution in [0.15, 0.2) is 30.3 Å². The Kier molecular flexibility index (Phi) is 6.41. The lowest BCUT2D eigenvalue weighted by molar-refractivity contribution is -0.133. The predicted molar refractivity (Wildman–Crippen MR) is 72.2 cm³/mol. The monoisotopic (exact) mass is 261 g/mol. The number of likely N-dealkylation sites (N-methyl/N-ethyl adjacent to an activating group) is 1. The van der Waals surface area contributed by atoms with Crippen LogP contribution in [0.3, 0.4) is 0 Å². The van der Waals surface area contributed by atoms with Gasteiger partial charge in [-0.2, -0.15) is 5.26 Å². The Balaban J connectivity index is 2.41. The van der Waals surface area contributed by atoms with E-state index < -0.39 is 0 Å². The van der Waals surface area contributed by atoms with E-state index in [1.807, 2.05) is 36.5 Å². The minimum absolute atomic E-state index is 0.0331. The smallest absolute Gasteiger partial charge is 0.248 e. The van der Waals surface area contributed by atoms with Gasteiger partial charge in [0.05, 0.1) is 12.6 Å². The fourth-order valence-electron chi connectivity index (χ4n) is 1.56. The highest BCUT2D eigenvalue weighted by Gasteiger charge is 2.11. The van der Waals surface area contributed by atoms with Gasteiger partial charge in [0.15, 0.2) is 6.19 Å². The molecule has 0 spiro atoms. The van der Waals surface area contributed by atoms with E-state index in [2.05, 4.69) is 5.32 Å². The first kappa shape index (κ1) is 15.0. The molecule has 1 aromatic rings. The summed E-state index contributed by atoms with van der Waals surface area (Å²) in [4.78, 5) is 12.8. The highest BCUT2D eigenvalue weighted by molar-refractivity contribution is 5.76. The zero-order chi connectivity index (χ0) is 14.1. The van der Waals surface area contributed by atoms with Crippen LogP contribution in [0.25, 0.3) is 0 Å². The highest BCUT2D eigenvalue weighted by atomic mass is 16.5. The summed E-state index contributed by atoms with van der Waals surface area (Å²) in [5.74, 6) is -0.0876.